The van der Waals surface area contributed by atoms with Gasteiger partial charge in [-0.1, -0.05) is 23.7 Å². The molecule has 168 valence electrons. The summed E-state index contributed by atoms with van der Waals surface area (Å²) in [6.45, 7) is 4.92. The van der Waals surface area contributed by atoms with E-state index in [0.717, 1.165) is 33.2 Å². The number of amides is 1. The smallest absolute Gasteiger partial charge is 0.232 e. The van der Waals surface area contributed by atoms with Crippen LogP contribution in [0, 0.1) is 0 Å². The molecule has 1 aliphatic rings. The Morgan fingerprint density at radius 2 is 1.64 bits per heavy atom. The Morgan fingerprint density at radius 3 is 2.36 bits per heavy atom. The number of carbonyl (C=O) groups is 1. The lowest BCUT2D eigenvalue weighted by Crippen LogP contribution is -2.41. The zero-order valence-corrected chi connectivity index (χ0v) is 19.3. The molecule has 0 bridgehead atoms. The Hall–Kier alpha value is -3.44. The first-order valence-corrected chi connectivity index (χ1v) is 11.4. The number of furan rings is 1. The van der Waals surface area contributed by atoms with Gasteiger partial charge in [-0.05, 0) is 73.0 Å². The van der Waals surface area contributed by atoms with E-state index in [1.165, 1.54) is 0 Å². The van der Waals surface area contributed by atoms with Crippen molar-refractivity contribution in [3.63, 3.8) is 0 Å². The molecule has 0 saturated heterocycles. The minimum absolute atomic E-state index is 0.0110. The first-order valence-electron chi connectivity index (χ1n) is 11.0. The monoisotopic (exact) mass is 461 g/mol. The molecule has 1 aromatic heterocycles. The molecule has 0 fully saturated rings. The molecule has 0 saturated carbocycles. The van der Waals surface area contributed by atoms with Gasteiger partial charge in [0.1, 0.15) is 0 Å². The Kier molecular flexibility index (Phi) is 5.73. The third kappa shape index (κ3) is 3.93. The largest absolute Gasteiger partial charge is 0.490 e. The van der Waals surface area contributed by atoms with Crippen molar-refractivity contribution in [1.82, 2.24) is 0 Å². The van der Waals surface area contributed by atoms with Crippen LogP contribution in [-0.2, 0) is 11.2 Å². The molecule has 0 spiro atoms. The van der Waals surface area contributed by atoms with E-state index in [0.29, 0.717) is 29.7 Å². The van der Waals surface area contributed by atoms with Crippen LogP contribution in [0.3, 0.4) is 0 Å². The van der Waals surface area contributed by atoms with Crippen molar-refractivity contribution in [3.8, 4) is 11.5 Å². The highest BCUT2D eigenvalue weighted by Gasteiger charge is 2.36. The van der Waals surface area contributed by atoms with Crippen molar-refractivity contribution >= 4 is 34.0 Å². The summed E-state index contributed by atoms with van der Waals surface area (Å²) in [5.41, 5.74) is 3.72. The van der Waals surface area contributed by atoms with Crippen LogP contribution in [0.25, 0.3) is 10.8 Å². The maximum Gasteiger partial charge on any atom is 0.232 e. The average molecular weight is 462 g/mol. The third-order valence-electron chi connectivity index (χ3n) is 5.89. The van der Waals surface area contributed by atoms with Gasteiger partial charge in [0.15, 0.2) is 11.5 Å². The van der Waals surface area contributed by atoms with E-state index in [4.69, 9.17) is 25.5 Å². The molecule has 0 radical (unpaired) electrons. The zero-order chi connectivity index (χ0) is 22.9. The molecule has 1 aliphatic heterocycles. The van der Waals surface area contributed by atoms with Crippen molar-refractivity contribution in [2.75, 3.05) is 18.1 Å². The highest BCUT2D eigenvalue weighted by atomic mass is 35.5. The van der Waals surface area contributed by atoms with Gasteiger partial charge in [-0.3, -0.25) is 4.79 Å². The Labute approximate surface area is 197 Å². The molecule has 1 atom stereocenters. The predicted octanol–water partition coefficient (Wildman–Crippen LogP) is 6.56. The van der Waals surface area contributed by atoms with E-state index in [1.807, 2.05) is 73.3 Å². The van der Waals surface area contributed by atoms with Crippen molar-refractivity contribution in [2.24, 2.45) is 0 Å². The first-order chi connectivity index (χ1) is 16.1. The fraction of sp³-hybridized carbons (Fsp3) is 0.222. The Balaban J connectivity index is 1.71. The number of fused-ring (bicyclic) bond motifs is 2. The zero-order valence-electron chi connectivity index (χ0n) is 18.5. The molecule has 33 heavy (non-hydrogen) atoms. The molecular weight excluding hydrogens is 438 g/mol. The number of anilines is 1. The molecule has 1 unspecified atom stereocenters. The van der Waals surface area contributed by atoms with Crippen LogP contribution in [0.2, 0.25) is 5.02 Å². The summed E-state index contributed by atoms with van der Waals surface area (Å²) in [6.07, 6.45) is 3.67. The lowest BCUT2D eigenvalue weighted by Gasteiger charge is -2.38. The van der Waals surface area contributed by atoms with Gasteiger partial charge in [-0.15, -0.1) is 0 Å². The van der Waals surface area contributed by atoms with Gasteiger partial charge in [-0.2, -0.15) is 0 Å². The van der Waals surface area contributed by atoms with Crippen LogP contribution in [0.1, 0.15) is 36.6 Å². The lowest BCUT2D eigenvalue weighted by atomic mass is 9.86. The number of carbonyl (C=O) groups excluding carboxylic acids is 1. The second kappa shape index (κ2) is 8.83. The normalized spacial score (nSPS) is 15.5. The fourth-order valence-electron chi connectivity index (χ4n) is 4.46. The van der Waals surface area contributed by atoms with E-state index in [2.05, 4.69) is 0 Å². The maximum absolute atomic E-state index is 13.6. The highest BCUT2D eigenvalue weighted by molar-refractivity contribution is 6.30. The molecule has 5 nitrogen and oxygen atoms in total. The van der Waals surface area contributed by atoms with Crippen molar-refractivity contribution in [2.45, 2.75) is 26.3 Å². The molecule has 3 aromatic carbocycles. The van der Waals surface area contributed by atoms with Gasteiger partial charge >= 0.3 is 0 Å². The summed E-state index contributed by atoms with van der Waals surface area (Å²) in [4.78, 5) is 15.4. The minimum atomic E-state index is -0.335. The van der Waals surface area contributed by atoms with E-state index in [9.17, 15) is 4.79 Å². The summed E-state index contributed by atoms with van der Waals surface area (Å²) in [5.74, 6) is 1.35. The fourth-order valence-corrected chi connectivity index (χ4v) is 4.59. The van der Waals surface area contributed by atoms with Gasteiger partial charge in [0.05, 0.1) is 38.2 Å². The van der Waals surface area contributed by atoms with Crippen LogP contribution in [0.5, 0.6) is 11.5 Å². The maximum atomic E-state index is 13.6. The second-order valence-corrected chi connectivity index (χ2v) is 8.38. The Bertz CT molecular complexity index is 1310. The second-order valence-electron chi connectivity index (χ2n) is 7.94. The van der Waals surface area contributed by atoms with Gasteiger partial charge < -0.3 is 18.8 Å². The number of hydrogen-bond acceptors (Lipinski definition) is 4. The molecule has 4 aromatic rings. The van der Waals surface area contributed by atoms with E-state index in [-0.39, 0.29) is 18.4 Å². The number of hydrogen-bond donors (Lipinski definition) is 0. The van der Waals surface area contributed by atoms with Gasteiger partial charge in [-0.25, -0.2) is 0 Å². The number of rotatable bonds is 6. The topological polar surface area (TPSA) is 51.9 Å². The Morgan fingerprint density at radius 1 is 0.939 bits per heavy atom. The molecule has 0 N–H and O–H groups in total. The molecule has 6 heteroatoms. The van der Waals surface area contributed by atoms with Crippen molar-refractivity contribution < 1.29 is 18.7 Å². The van der Waals surface area contributed by atoms with Crippen LogP contribution >= 0.6 is 11.6 Å². The van der Waals surface area contributed by atoms with E-state index >= 15 is 0 Å². The quantitative estimate of drug-likeness (QED) is 0.326. The minimum Gasteiger partial charge on any atom is -0.490 e. The summed E-state index contributed by atoms with van der Waals surface area (Å²) in [5, 5.41) is 2.59. The summed E-state index contributed by atoms with van der Waals surface area (Å²) < 4.78 is 17.1. The van der Waals surface area contributed by atoms with E-state index < -0.39 is 0 Å². The molecule has 5 rings (SSSR count). The van der Waals surface area contributed by atoms with Crippen molar-refractivity contribution in [1.29, 1.82) is 0 Å². The molecule has 0 aliphatic carbocycles. The number of benzene rings is 3. The standard InChI is InChI=1S/C27H24ClNO4/c1-3-32-24-12-19-13-26(30)29(22-10-7-18-15-31-16-20(18)11-22)27(17-5-8-21(28)9-6-17)23(19)14-25(24)33-4-2/h5-12,14-16,27H,3-4,13H2,1-2H3. The summed E-state index contributed by atoms with van der Waals surface area (Å²) in [6, 6.07) is 17.2. The summed E-state index contributed by atoms with van der Waals surface area (Å²) >= 11 is 6.18. The predicted molar refractivity (Wildman–Crippen MR) is 129 cm³/mol. The number of halogens is 1. The van der Waals surface area contributed by atoms with Gasteiger partial charge in [0, 0.05) is 21.5 Å². The highest BCUT2D eigenvalue weighted by Crippen LogP contribution is 2.44. The van der Waals surface area contributed by atoms with Gasteiger partial charge in [0.25, 0.3) is 0 Å². The third-order valence-corrected chi connectivity index (χ3v) is 6.14. The number of nitrogens with zero attached hydrogens (tertiary/aromatic N) is 1. The molecule has 2 heterocycles. The number of ether oxygens (including phenoxy) is 2. The average Bonchev–Trinajstić information content (AvgIpc) is 3.28. The van der Waals surface area contributed by atoms with Crippen LogP contribution in [0.4, 0.5) is 5.69 Å². The lowest BCUT2D eigenvalue weighted by molar-refractivity contribution is -0.118. The summed E-state index contributed by atoms with van der Waals surface area (Å²) in [7, 11) is 0. The first kappa shape index (κ1) is 21.4. The molecule has 1 amide bonds. The molecular formula is C27H24ClNO4. The van der Waals surface area contributed by atoms with E-state index in [1.54, 1.807) is 12.5 Å². The van der Waals surface area contributed by atoms with Crippen LogP contribution in [-0.4, -0.2) is 19.1 Å². The van der Waals surface area contributed by atoms with Crippen LogP contribution in [0.15, 0.2) is 71.5 Å². The van der Waals surface area contributed by atoms with Crippen molar-refractivity contribution in [3.05, 3.63) is 88.8 Å². The van der Waals surface area contributed by atoms with Crippen LogP contribution < -0.4 is 14.4 Å². The van der Waals surface area contributed by atoms with Gasteiger partial charge in [0.2, 0.25) is 5.91 Å². The SMILES string of the molecule is CCOc1cc2c(cc1OCC)C(c1ccc(Cl)cc1)N(c1ccc3cocc3c1)C(=O)C2.